The van der Waals surface area contributed by atoms with E-state index in [0.29, 0.717) is 11.4 Å². The van der Waals surface area contributed by atoms with Crippen LogP contribution in [0.25, 0.3) is 0 Å². The first-order chi connectivity index (χ1) is 8.51. The van der Waals surface area contributed by atoms with Crippen molar-refractivity contribution in [3.63, 3.8) is 0 Å². The Hall–Kier alpha value is -2.12. The predicted molar refractivity (Wildman–Crippen MR) is 66.5 cm³/mol. The second-order valence-corrected chi connectivity index (χ2v) is 3.06. The molecule has 102 valence electrons. The molecule has 18 heavy (non-hydrogen) atoms. The number of carbonyl (C=O) groups is 2. The van der Waals surface area contributed by atoms with Gasteiger partial charge in [-0.3, -0.25) is 0 Å². The molecule has 0 aromatic heterocycles. The number of carbonyl (C=O) groups excluding carboxylic acids is 2. The normalized spacial score (nSPS) is 11.8. The first-order valence-corrected chi connectivity index (χ1v) is 5.45. The van der Waals surface area contributed by atoms with Crippen molar-refractivity contribution in [3.8, 4) is 0 Å². The van der Waals surface area contributed by atoms with Crippen LogP contribution in [0.5, 0.6) is 0 Å². The number of rotatable bonds is 5. The average molecular weight is 258 g/mol. The van der Waals surface area contributed by atoms with Gasteiger partial charge < -0.3 is 9.47 Å². The third-order valence-electron chi connectivity index (χ3n) is 1.70. The first kappa shape index (κ1) is 15.9. The lowest BCUT2D eigenvalue weighted by Gasteiger charge is -2.03. The van der Waals surface area contributed by atoms with Gasteiger partial charge in [0.15, 0.2) is 0 Å². The molecular formula is C10H18N4O4. The van der Waals surface area contributed by atoms with E-state index < -0.39 is 12.2 Å². The molecule has 8 heteroatoms. The van der Waals surface area contributed by atoms with E-state index in [1.807, 2.05) is 0 Å². The topological polar surface area (TPSA) is 101 Å². The molecule has 0 aliphatic heterocycles. The molecule has 0 atom stereocenters. The third kappa shape index (κ3) is 7.20. The third-order valence-corrected chi connectivity index (χ3v) is 1.70. The maximum Gasteiger partial charge on any atom is 0.427 e. The Bertz CT molecular complexity index is 318. The fraction of sp³-hybridized carbons (Fsp3) is 0.600. The Morgan fingerprint density at radius 1 is 0.889 bits per heavy atom. The van der Waals surface area contributed by atoms with E-state index in [4.69, 9.17) is 0 Å². The molecule has 0 aliphatic rings. The monoisotopic (exact) mass is 258 g/mol. The van der Waals surface area contributed by atoms with E-state index in [1.54, 1.807) is 27.7 Å². The molecule has 0 radical (unpaired) electrons. The summed E-state index contributed by atoms with van der Waals surface area (Å²) in [5, 5.41) is 7.47. The van der Waals surface area contributed by atoms with Gasteiger partial charge in [0.05, 0.1) is 24.6 Å². The largest absolute Gasteiger partial charge is 0.449 e. The van der Waals surface area contributed by atoms with Crippen LogP contribution in [0, 0.1) is 0 Å². The van der Waals surface area contributed by atoms with Gasteiger partial charge in [0.2, 0.25) is 0 Å². The van der Waals surface area contributed by atoms with E-state index in [-0.39, 0.29) is 13.2 Å². The molecule has 2 amide bonds. The number of nitrogens with one attached hydrogen (secondary N) is 2. The van der Waals surface area contributed by atoms with Gasteiger partial charge in [0.25, 0.3) is 0 Å². The number of nitrogens with zero attached hydrogens (tertiary/aromatic N) is 2. The van der Waals surface area contributed by atoms with Crippen LogP contribution in [-0.4, -0.2) is 36.8 Å². The van der Waals surface area contributed by atoms with Crippen LogP contribution in [0.4, 0.5) is 9.59 Å². The van der Waals surface area contributed by atoms with Crippen molar-refractivity contribution in [1.29, 1.82) is 0 Å². The highest BCUT2D eigenvalue weighted by Gasteiger charge is 2.02. The summed E-state index contributed by atoms with van der Waals surface area (Å²) in [5.74, 6) is 0. The zero-order chi connectivity index (χ0) is 14.0. The van der Waals surface area contributed by atoms with Crippen LogP contribution in [0.15, 0.2) is 10.2 Å². The van der Waals surface area contributed by atoms with Crippen LogP contribution in [0.3, 0.4) is 0 Å². The Labute approximate surface area is 105 Å². The highest BCUT2D eigenvalue weighted by atomic mass is 16.6. The molecule has 0 saturated carbocycles. The van der Waals surface area contributed by atoms with Crippen LogP contribution in [0.2, 0.25) is 0 Å². The second-order valence-electron chi connectivity index (χ2n) is 3.06. The first-order valence-electron chi connectivity index (χ1n) is 5.45. The Balaban J connectivity index is 4.26. The van der Waals surface area contributed by atoms with E-state index >= 15 is 0 Å². The van der Waals surface area contributed by atoms with E-state index in [1.165, 1.54) is 0 Å². The summed E-state index contributed by atoms with van der Waals surface area (Å²) in [7, 11) is 0. The van der Waals surface area contributed by atoms with Crippen molar-refractivity contribution in [2.24, 2.45) is 10.2 Å². The van der Waals surface area contributed by atoms with Crippen LogP contribution >= 0.6 is 0 Å². The zero-order valence-corrected chi connectivity index (χ0v) is 10.9. The minimum absolute atomic E-state index is 0.262. The van der Waals surface area contributed by atoms with Gasteiger partial charge in [-0.2, -0.15) is 10.2 Å². The van der Waals surface area contributed by atoms with Crippen molar-refractivity contribution >= 4 is 23.6 Å². The quantitative estimate of drug-likeness (QED) is 0.572. The van der Waals surface area contributed by atoms with E-state index in [0.717, 1.165) is 0 Å². The second kappa shape index (κ2) is 8.97. The molecule has 0 fully saturated rings. The summed E-state index contributed by atoms with van der Waals surface area (Å²) in [6.07, 6.45) is -1.30. The zero-order valence-electron chi connectivity index (χ0n) is 10.9. The van der Waals surface area contributed by atoms with Crippen molar-refractivity contribution in [3.05, 3.63) is 0 Å². The summed E-state index contributed by atoms with van der Waals surface area (Å²) in [5.41, 5.74) is 5.22. The van der Waals surface area contributed by atoms with Gasteiger partial charge in [0.1, 0.15) is 0 Å². The Morgan fingerprint density at radius 2 is 1.22 bits per heavy atom. The van der Waals surface area contributed by atoms with Crippen molar-refractivity contribution in [2.45, 2.75) is 27.7 Å². The molecule has 0 aliphatic carbocycles. The molecule has 0 unspecified atom stereocenters. The highest BCUT2D eigenvalue weighted by Crippen LogP contribution is 1.85. The maximum absolute atomic E-state index is 11.0. The molecule has 2 N–H and O–H groups in total. The maximum atomic E-state index is 11.0. The van der Waals surface area contributed by atoms with Gasteiger partial charge in [-0.1, -0.05) is 0 Å². The molecule has 0 spiro atoms. The predicted octanol–water partition coefficient (Wildman–Crippen LogP) is 1.23. The Kier molecular flexibility index (Phi) is 7.91. The molecule has 0 aromatic carbocycles. The molecule has 8 nitrogen and oxygen atoms in total. The van der Waals surface area contributed by atoms with E-state index in [2.05, 4.69) is 30.5 Å². The average Bonchev–Trinajstić information content (AvgIpc) is 2.33. The summed E-state index contributed by atoms with van der Waals surface area (Å²) < 4.78 is 9.23. The standard InChI is InChI=1S/C10H18N4O4/c1-5-17-9(15)13-11-7(3)8(4)12-14-10(16)18-6-2/h5-6H2,1-4H3,(H,13,15)(H,14,16)/b11-7+,12-8+. The molecule has 0 saturated heterocycles. The summed E-state index contributed by atoms with van der Waals surface area (Å²) in [6.45, 7) is 7.14. The minimum atomic E-state index is -0.650. The number of hydrogen-bond donors (Lipinski definition) is 2. The lowest BCUT2D eigenvalue weighted by Crippen LogP contribution is -2.24. The SMILES string of the molecule is CCOC(=O)N/N=C(C)/C(C)=N/NC(=O)OCC. The number of amides is 2. The minimum Gasteiger partial charge on any atom is -0.449 e. The number of ether oxygens (including phenoxy) is 2. The van der Waals surface area contributed by atoms with Gasteiger partial charge >= 0.3 is 12.2 Å². The van der Waals surface area contributed by atoms with Gasteiger partial charge in [-0.05, 0) is 27.7 Å². The van der Waals surface area contributed by atoms with Crippen LogP contribution < -0.4 is 10.9 Å². The van der Waals surface area contributed by atoms with Gasteiger partial charge in [0, 0.05) is 0 Å². The molecule has 0 bridgehead atoms. The Morgan fingerprint density at radius 3 is 1.50 bits per heavy atom. The summed E-state index contributed by atoms with van der Waals surface area (Å²) in [4.78, 5) is 21.9. The molecule has 0 heterocycles. The van der Waals surface area contributed by atoms with Crippen molar-refractivity contribution in [2.75, 3.05) is 13.2 Å². The highest BCUT2D eigenvalue weighted by molar-refractivity contribution is 6.40. The van der Waals surface area contributed by atoms with E-state index in [9.17, 15) is 9.59 Å². The molecule has 0 rings (SSSR count). The lowest BCUT2D eigenvalue weighted by molar-refractivity contribution is 0.151. The lowest BCUT2D eigenvalue weighted by atomic mass is 10.3. The van der Waals surface area contributed by atoms with Crippen LogP contribution in [-0.2, 0) is 9.47 Å². The molecule has 0 aromatic rings. The van der Waals surface area contributed by atoms with Crippen LogP contribution in [0.1, 0.15) is 27.7 Å². The number of hydrazone groups is 2. The van der Waals surface area contributed by atoms with Gasteiger partial charge in [-0.25, -0.2) is 20.4 Å². The number of hydrogen-bond acceptors (Lipinski definition) is 6. The fourth-order valence-electron chi connectivity index (χ4n) is 0.748. The fourth-order valence-corrected chi connectivity index (χ4v) is 0.748. The van der Waals surface area contributed by atoms with Crippen molar-refractivity contribution < 1.29 is 19.1 Å². The summed E-state index contributed by atoms with van der Waals surface area (Å²) in [6, 6.07) is 0. The van der Waals surface area contributed by atoms with Gasteiger partial charge in [-0.15, -0.1) is 0 Å². The summed E-state index contributed by atoms with van der Waals surface area (Å²) >= 11 is 0. The molecular weight excluding hydrogens is 240 g/mol. The smallest absolute Gasteiger partial charge is 0.427 e. The van der Waals surface area contributed by atoms with Crippen molar-refractivity contribution in [1.82, 2.24) is 10.9 Å².